The average Bonchev–Trinajstić information content (AvgIpc) is 2.54. The SMILES string of the molecule is CCCCc1ccc(NC(=O)C2(C#N)CCCCC2)cc1. The van der Waals surface area contributed by atoms with Crippen molar-refractivity contribution in [3.05, 3.63) is 29.8 Å². The molecule has 0 atom stereocenters. The van der Waals surface area contributed by atoms with Crippen LogP contribution in [0.1, 0.15) is 57.4 Å². The number of nitrogens with one attached hydrogen (secondary N) is 1. The summed E-state index contributed by atoms with van der Waals surface area (Å²) in [5, 5.41) is 12.3. The van der Waals surface area contributed by atoms with Crippen molar-refractivity contribution in [2.45, 2.75) is 58.3 Å². The molecule has 1 aromatic carbocycles. The van der Waals surface area contributed by atoms with Crippen molar-refractivity contribution in [3.8, 4) is 6.07 Å². The maximum atomic E-state index is 12.4. The molecule has 21 heavy (non-hydrogen) atoms. The Bertz CT molecular complexity index is 507. The number of carbonyl (C=O) groups is 1. The fraction of sp³-hybridized carbons (Fsp3) is 0.556. The molecule has 112 valence electrons. The van der Waals surface area contributed by atoms with Gasteiger partial charge < -0.3 is 5.32 Å². The summed E-state index contributed by atoms with van der Waals surface area (Å²) in [5.41, 5.74) is 1.27. The lowest BCUT2D eigenvalue weighted by Crippen LogP contribution is -2.36. The summed E-state index contributed by atoms with van der Waals surface area (Å²) in [6.07, 6.45) is 7.88. The van der Waals surface area contributed by atoms with Crippen molar-refractivity contribution in [1.29, 1.82) is 5.26 Å². The van der Waals surface area contributed by atoms with E-state index in [4.69, 9.17) is 0 Å². The van der Waals surface area contributed by atoms with Crippen molar-refractivity contribution in [1.82, 2.24) is 0 Å². The van der Waals surface area contributed by atoms with Crippen LogP contribution in [0, 0.1) is 16.7 Å². The van der Waals surface area contributed by atoms with Crippen molar-refractivity contribution in [2.24, 2.45) is 5.41 Å². The molecular weight excluding hydrogens is 260 g/mol. The highest BCUT2D eigenvalue weighted by Crippen LogP contribution is 2.36. The summed E-state index contributed by atoms with van der Waals surface area (Å²) in [6.45, 7) is 2.18. The van der Waals surface area contributed by atoms with Gasteiger partial charge in [-0.3, -0.25) is 4.79 Å². The topological polar surface area (TPSA) is 52.9 Å². The molecule has 0 heterocycles. The molecule has 1 aliphatic rings. The van der Waals surface area contributed by atoms with E-state index in [1.54, 1.807) is 0 Å². The minimum atomic E-state index is -0.820. The molecule has 3 heteroatoms. The number of aryl methyl sites for hydroxylation is 1. The number of nitriles is 1. The number of hydrogen-bond acceptors (Lipinski definition) is 2. The number of rotatable bonds is 5. The summed E-state index contributed by atoms with van der Waals surface area (Å²) in [4.78, 5) is 12.4. The molecule has 0 aromatic heterocycles. The highest BCUT2D eigenvalue weighted by Gasteiger charge is 2.39. The summed E-state index contributed by atoms with van der Waals surface area (Å²) in [6, 6.07) is 10.3. The monoisotopic (exact) mass is 284 g/mol. The predicted octanol–water partition coefficient (Wildman–Crippen LogP) is 4.44. The lowest BCUT2D eigenvalue weighted by Gasteiger charge is -2.29. The zero-order valence-corrected chi connectivity index (χ0v) is 12.8. The number of anilines is 1. The number of unbranched alkanes of at least 4 members (excludes halogenated alkanes) is 1. The Morgan fingerprint density at radius 3 is 2.48 bits per heavy atom. The minimum Gasteiger partial charge on any atom is -0.325 e. The maximum Gasteiger partial charge on any atom is 0.244 e. The molecule has 0 saturated heterocycles. The zero-order valence-electron chi connectivity index (χ0n) is 12.8. The molecule has 1 fully saturated rings. The first-order chi connectivity index (χ1) is 10.2. The highest BCUT2D eigenvalue weighted by molar-refractivity contribution is 5.97. The second kappa shape index (κ2) is 7.26. The molecule has 0 unspecified atom stereocenters. The predicted molar refractivity (Wildman–Crippen MR) is 84.8 cm³/mol. The lowest BCUT2D eigenvalue weighted by atomic mass is 9.74. The second-order valence-electron chi connectivity index (χ2n) is 6.01. The summed E-state index contributed by atoms with van der Waals surface area (Å²) >= 11 is 0. The molecule has 0 radical (unpaired) electrons. The molecule has 1 N–H and O–H groups in total. The van der Waals surface area contributed by atoms with Gasteiger partial charge in [0.1, 0.15) is 5.41 Å². The fourth-order valence-electron chi connectivity index (χ4n) is 2.93. The number of benzene rings is 1. The first-order valence-corrected chi connectivity index (χ1v) is 8.02. The van der Waals surface area contributed by atoms with Gasteiger partial charge in [0.25, 0.3) is 0 Å². The van der Waals surface area contributed by atoms with Crippen LogP contribution in [0.25, 0.3) is 0 Å². The van der Waals surface area contributed by atoms with E-state index in [1.165, 1.54) is 18.4 Å². The molecule has 0 spiro atoms. The Morgan fingerprint density at radius 2 is 1.90 bits per heavy atom. The van der Waals surface area contributed by atoms with Gasteiger partial charge in [-0.05, 0) is 43.4 Å². The van der Waals surface area contributed by atoms with E-state index in [-0.39, 0.29) is 5.91 Å². The quantitative estimate of drug-likeness (QED) is 0.869. The van der Waals surface area contributed by atoms with E-state index in [9.17, 15) is 10.1 Å². The van der Waals surface area contributed by atoms with Gasteiger partial charge in [-0.15, -0.1) is 0 Å². The Hall–Kier alpha value is -1.82. The Kier molecular flexibility index (Phi) is 5.38. The Labute approximate surface area is 127 Å². The van der Waals surface area contributed by atoms with Gasteiger partial charge in [-0.2, -0.15) is 5.26 Å². The van der Waals surface area contributed by atoms with Crippen LogP contribution in [0.3, 0.4) is 0 Å². The molecule has 3 nitrogen and oxygen atoms in total. The third-order valence-electron chi connectivity index (χ3n) is 4.39. The van der Waals surface area contributed by atoms with Gasteiger partial charge in [0.15, 0.2) is 0 Å². The summed E-state index contributed by atoms with van der Waals surface area (Å²) < 4.78 is 0. The largest absolute Gasteiger partial charge is 0.325 e. The Morgan fingerprint density at radius 1 is 1.24 bits per heavy atom. The van der Waals surface area contributed by atoms with Crippen LogP contribution in [-0.2, 0) is 11.2 Å². The van der Waals surface area contributed by atoms with E-state index in [1.807, 2.05) is 12.1 Å². The van der Waals surface area contributed by atoms with Crippen LogP contribution in [0.4, 0.5) is 5.69 Å². The van der Waals surface area contributed by atoms with Crippen molar-refractivity contribution < 1.29 is 4.79 Å². The first kappa shape index (κ1) is 15.6. The fourth-order valence-corrected chi connectivity index (χ4v) is 2.93. The standard InChI is InChI=1S/C18H24N2O/c1-2-3-7-15-8-10-16(11-9-15)20-17(21)18(14-19)12-5-4-6-13-18/h8-11H,2-7,12-13H2,1H3,(H,20,21). The average molecular weight is 284 g/mol. The summed E-state index contributed by atoms with van der Waals surface area (Å²) in [7, 11) is 0. The van der Waals surface area contributed by atoms with E-state index in [0.717, 1.165) is 31.4 Å². The maximum absolute atomic E-state index is 12.4. The number of amides is 1. The van der Waals surface area contributed by atoms with Crippen molar-refractivity contribution in [2.75, 3.05) is 5.32 Å². The molecule has 0 aliphatic heterocycles. The normalized spacial score (nSPS) is 17.0. The van der Waals surface area contributed by atoms with Crippen molar-refractivity contribution in [3.63, 3.8) is 0 Å². The molecule has 1 aliphatic carbocycles. The van der Waals surface area contributed by atoms with Crippen LogP contribution in [-0.4, -0.2) is 5.91 Å². The smallest absolute Gasteiger partial charge is 0.244 e. The molecule has 0 bridgehead atoms. The second-order valence-corrected chi connectivity index (χ2v) is 6.01. The molecule has 1 amide bonds. The third-order valence-corrected chi connectivity index (χ3v) is 4.39. The number of nitrogens with zero attached hydrogens (tertiary/aromatic N) is 1. The number of hydrogen-bond donors (Lipinski definition) is 1. The van der Waals surface area contributed by atoms with Gasteiger partial charge in [-0.25, -0.2) is 0 Å². The van der Waals surface area contributed by atoms with E-state index in [2.05, 4.69) is 30.4 Å². The Balaban J connectivity index is 2.00. The third kappa shape index (κ3) is 3.85. The van der Waals surface area contributed by atoms with E-state index < -0.39 is 5.41 Å². The van der Waals surface area contributed by atoms with Crippen LogP contribution < -0.4 is 5.32 Å². The molecule has 2 rings (SSSR count). The van der Waals surface area contributed by atoms with E-state index >= 15 is 0 Å². The lowest BCUT2D eigenvalue weighted by molar-refractivity contribution is -0.124. The van der Waals surface area contributed by atoms with Gasteiger partial charge in [-0.1, -0.05) is 44.7 Å². The van der Waals surface area contributed by atoms with Crippen molar-refractivity contribution >= 4 is 11.6 Å². The zero-order chi connectivity index (χ0) is 15.1. The van der Waals surface area contributed by atoms with Gasteiger partial charge in [0.05, 0.1) is 6.07 Å². The van der Waals surface area contributed by atoms with Gasteiger partial charge >= 0.3 is 0 Å². The van der Waals surface area contributed by atoms with Crippen LogP contribution in [0.5, 0.6) is 0 Å². The molecular formula is C18H24N2O. The molecule has 1 aromatic rings. The first-order valence-electron chi connectivity index (χ1n) is 8.02. The minimum absolute atomic E-state index is 0.133. The van der Waals surface area contributed by atoms with Crippen LogP contribution >= 0.6 is 0 Å². The van der Waals surface area contributed by atoms with Gasteiger partial charge in [0, 0.05) is 5.69 Å². The summed E-state index contributed by atoms with van der Waals surface area (Å²) in [5.74, 6) is -0.133. The molecule has 1 saturated carbocycles. The van der Waals surface area contributed by atoms with Crippen LogP contribution in [0.2, 0.25) is 0 Å². The van der Waals surface area contributed by atoms with Crippen LogP contribution in [0.15, 0.2) is 24.3 Å². The van der Waals surface area contributed by atoms with E-state index in [0.29, 0.717) is 12.8 Å². The highest BCUT2D eigenvalue weighted by atomic mass is 16.2. The number of carbonyl (C=O) groups excluding carboxylic acids is 1. The van der Waals surface area contributed by atoms with Gasteiger partial charge in [0.2, 0.25) is 5.91 Å².